The molecular formula is C24H34N2O3. The molecule has 2 aliphatic heterocycles. The van der Waals surface area contributed by atoms with Crippen molar-refractivity contribution >= 4 is 0 Å². The lowest BCUT2D eigenvalue weighted by atomic mass is 9.75. The van der Waals surface area contributed by atoms with Crippen LogP contribution < -0.4 is 9.47 Å². The van der Waals surface area contributed by atoms with Crippen molar-refractivity contribution in [3.8, 4) is 11.5 Å². The molecule has 1 N–H and O–H groups in total. The van der Waals surface area contributed by atoms with Gasteiger partial charge in [0.15, 0.2) is 18.1 Å². The highest BCUT2D eigenvalue weighted by Gasteiger charge is 2.52. The second-order valence-corrected chi connectivity index (χ2v) is 10.4. The van der Waals surface area contributed by atoms with Gasteiger partial charge in [0.05, 0.1) is 13.2 Å². The molecule has 3 atom stereocenters. The van der Waals surface area contributed by atoms with Gasteiger partial charge in [-0.1, -0.05) is 20.8 Å². The number of aliphatic hydroxyl groups is 1. The summed E-state index contributed by atoms with van der Waals surface area (Å²) in [4.78, 5) is 6.28. The van der Waals surface area contributed by atoms with Crippen molar-refractivity contribution in [1.82, 2.24) is 4.90 Å². The number of fused-ring (bicyclic) bond motifs is 3. The Hall–Kier alpha value is -1.77. The van der Waals surface area contributed by atoms with E-state index >= 15 is 0 Å². The van der Waals surface area contributed by atoms with Crippen LogP contribution in [0.4, 0.5) is 0 Å². The summed E-state index contributed by atoms with van der Waals surface area (Å²) in [6.07, 6.45) is 4.39. The zero-order chi connectivity index (χ0) is 20.8. The first-order valence-electron chi connectivity index (χ1n) is 10.9. The van der Waals surface area contributed by atoms with E-state index in [1.165, 1.54) is 11.1 Å². The van der Waals surface area contributed by atoms with Gasteiger partial charge >= 0.3 is 0 Å². The number of piperidine rings is 1. The molecule has 158 valence electrons. The van der Waals surface area contributed by atoms with Gasteiger partial charge < -0.3 is 19.4 Å². The Labute approximate surface area is 174 Å². The van der Waals surface area contributed by atoms with E-state index in [0.717, 1.165) is 56.7 Å². The minimum atomic E-state index is -0.312. The van der Waals surface area contributed by atoms with Crippen molar-refractivity contribution < 1.29 is 14.6 Å². The van der Waals surface area contributed by atoms with Gasteiger partial charge in [0.2, 0.25) is 0 Å². The Bertz CT molecular complexity index is 804. The summed E-state index contributed by atoms with van der Waals surface area (Å²) in [6, 6.07) is 4.46. The first-order chi connectivity index (χ1) is 13.7. The Morgan fingerprint density at radius 3 is 2.66 bits per heavy atom. The molecule has 3 aliphatic rings. The van der Waals surface area contributed by atoms with Gasteiger partial charge in [-0.2, -0.15) is 0 Å². The predicted octanol–water partition coefficient (Wildman–Crippen LogP) is 4.24. The maximum absolute atomic E-state index is 10.9. The summed E-state index contributed by atoms with van der Waals surface area (Å²) < 4.78 is 11.7. The van der Waals surface area contributed by atoms with Crippen molar-refractivity contribution in [3.63, 3.8) is 0 Å². The van der Waals surface area contributed by atoms with E-state index < -0.39 is 0 Å². The number of nitrogens with zero attached hydrogens (tertiary/aromatic N) is 2. The number of ether oxygens (including phenoxy) is 2. The van der Waals surface area contributed by atoms with Gasteiger partial charge in [-0.25, -0.2) is 6.57 Å². The van der Waals surface area contributed by atoms with Gasteiger partial charge in [0.1, 0.15) is 0 Å². The van der Waals surface area contributed by atoms with Crippen molar-refractivity contribution in [2.24, 2.45) is 11.3 Å². The second kappa shape index (κ2) is 7.49. The minimum absolute atomic E-state index is 0.228. The van der Waals surface area contributed by atoms with E-state index in [0.29, 0.717) is 12.5 Å². The molecule has 2 fully saturated rings. The van der Waals surface area contributed by atoms with Crippen LogP contribution in [0.2, 0.25) is 0 Å². The first-order valence-corrected chi connectivity index (χ1v) is 10.9. The number of benzene rings is 1. The molecule has 0 unspecified atom stereocenters. The normalized spacial score (nSPS) is 28.1. The molecule has 2 heterocycles. The molecule has 0 bridgehead atoms. The third-order valence-corrected chi connectivity index (χ3v) is 6.81. The lowest BCUT2D eigenvalue weighted by Gasteiger charge is -2.47. The number of hydrogen-bond acceptors (Lipinski definition) is 4. The Morgan fingerprint density at radius 1 is 1.28 bits per heavy atom. The highest BCUT2D eigenvalue weighted by Crippen LogP contribution is 2.45. The molecule has 1 saturated carbocycles. The molecular weight excluding hydrogens is 364 g/mol. The predicted molar refractivity (Wildman–Crippen MR) is 113 cm³/mol. The van der Waals surface area contributed by atoms with Crippen LogP contribution in [0.25, 0.3) is 4.85 Å². The van der Waals surface area contributed by atoms with E-state index in [1.54, 1.807) is 7.11 Å². The molecule has 1 aromatic carbocycles. The fourth-order valence-electron chi connectivity index (χ4n) is 5.00. The third kappa shape index (κ3) is 4.25. The zero-order valence-corrected chi connectivity index (χ0v) is 18.2. The molecule has 1 aliphatic carbocycles. The molecule has 4 rings (SSSR count). The molecule has 5 heteroatoms. The van der Waals surface area contributed by atoms with E-state index in [9.17, 15) is 5.11 Å². The largest absolute Gasteiger partial charge is 0.493 e. The second-order valence-electron chi connectivity index (χ2n) is 10.4. The third-order valence-electron chi connectivity index (χ3n) is 6.81. The fourth-order valence-corrected chi connectivity index (χ4v) is 5.00. The maximum Gasteiger partial charge on any atom is 0.266 e. The van der Waals surface area contributed by atoms with E-state index in [4.69, 9.17) is 16.0 Å². The maximum atomic E-state index is 10.9. The topological polar surface area (TPSA) is 46.3 Å². The summed E-state index contributed by atoms with van der Waals surface area (Å²) in [7, 11) is 1.67. The number of hydrogen-bond donors (Lipinski definition) is 1. The monoisotopic (exact) mass is 398 g/mol. The van der Waals surface area contributed by atoms with E-state index in [1.807, 2.05) is 0 Å². The highest BCUT2D eigenvalue weighted by molar-refractivity contribution is 5.50. The average molecular weight is 399 g/mol. The quantitative estimate of drug-likeness (QED) is 0.754. The number of rotatable bonds is 5. The lowest BCUT2D eigenvalue weighted by Crippen LogP contribution is -2.48. The van der Waals surface area contributed by atoms with Crippen LogP contribution in [0.15, 0.2) is 12.1 Å². The first kappa shape index (κ1) is 20.5. The van der Waals surface area contributed by atoms with Gasteiger partial charge in [-0.05, 0) is 53.9 Å². The Kier molecular flexibility index (Phi) is 5.29. The van der Waals surface area contributed by atoms with Gasteiger partial charge in [-0.3, -0.25) is 4.90 Å². The van der Waals surface area contributed by atoms with Crippen LogP contribution in [-0.2, 0) is 6.42 Å². The van der Waals surface area contributed by atoms with Crippen molar-refractivity contribution in [2.45, 2.75) is 70.6 Å². The van der Waals surface area contributed by atoms with Crippen LogP contribution in [0.1, 0.15) is 63.6 Å². The van der Waals surface area contributed by atoms with E-state index in [2.05, 4.69) is 42.6 Å². The highest BCUT2D eigenvalue weighted by atomic mass is 16.5. The van der Waals surface area contributed by atoms with Crippen LogP contribution in [-0.4, -0.2) is 48.5 Å². The summed E-state index contributed by atoms with van der Waals surface area (Å²) in [5, 5.41) is 10.9. The van der Waals surface area contributed by atoms with Crippen molar-refractivity contribution in [2.75, 3.05) is 26.8 Å². The number of aliphatic hydroxyl groups excluding tert-OH is 1. The molecule has 0 radical (unpaired) electrons. The molecule has 0 aromatic heterocycles. The fraction of sp³-hybridized carbons (Fsp3) is 0.708. The minimum Gasteiger partial charge on any atom is -0.493 e. The van der Waals surface area contributed by atoms with Crippen molar-refractivity contribution in [1.29, 1.82) is 0 Å². The molecule has 5 nitrogen and oxygen atoms in total. The van der Waals surface area contributed by atoms with Crippen LogP contribution in [0.3, 0.4) is 0 Å². The van der Waals surface area contributed by atoms with Gasteiger partial charge in [0, 0.05) is 32.0 Å². The Balaban J connectivity index is 1.54. The molecule has 0 spiro atoms. The standard InChI is InChI=1S/C24H34N2O3/c1-23(2,3)13-17-14-26-9-6-16-10-22(29-15-24(25-4)7-8-24)21(28-5)11-18(16)19(26)12-20(17)27/h10-11,17,19-20,27H,6-9,12-15H2,1-3,5H3/t17-,19-,20-/m1/s1. The summed E-state index contributed by atoms with van der Waals surface area (Å²) in [5.41, 5.74) is 2.47. The SMILES string of the molecule is [C-]#[N+]C1(COc2cc3c(cc2OC)[C@H]2C[C@@H](O)[C@H](CC(C)(C)C)CN2CC3)CC1. The van der Waals surface area contributed by atoms with Crippen molar-refractivity contribution in [3.05, 3.63) is 34.7 Å². The summed E-state index contributed by atoms with van der Waals surface area (Å²) in [6.45, 7) is 16.5. The molecule has 29 heavy (non-hydrogen) atoms. The van der Waals surface area contributed by atoms with Crippen LogP contribution in [0, 0.1) is 17.9 Å². The summed E-state index contributed by atoms with van der Waals surface area (Å²) >= 11 is 0. The zero-order valence-electron chi connectivity index (χ0n) is 18.2. The van der Waals surface area contributed by atoms with Gasteiger partial charge in [0.25, 0.3) is 5.54 Å². The number of methoxy groups -OCH3 is 1. The molecule has 1 saturated heterocycles. The Morgan fingerprint density at radius 2 is 2.03 bits per heavy atom. The average Bonchev–Trinajstić information content (AvgIpc) is 3.46. The molecule has 1 aromatic rings. The van der Waals surface area contributed by atoms with Crippen LogP contribution in [0.5, 0.6) is 11.5 Å². The summed E-state index contributed by atoms with van der Waals surface area (Å²) in [5.74, 6) is 1.81. The van der Waals surface area contributed by atoms with E-state index in [-0.39, 0.29) is 23.1 Å². The molecule has 0 amide bonds. The van der Waals surface area contributed by atoms with Gasteiger partial charge in [-0.15, -0.1) is 0 Å². The lowest BCUT2D eigenvalue weighted by molar-refractivity contribution is -0.0259. The van der Waals surface area contributed by atoms with Crippen LogP contribution >= 0.6 is 0 Å². The smallest absolute Gasteiger partial charge is 0.266 e.